The molecule has 0 bridgehead atoms. The predicted molar refractivity (Wildman–Crippen MR) is 113 cm³/mol. The van der Waals surface area contributed by atoms with Gasteiger partial charge < -0.3 is 4.74 Å². The van der Waals surface area contributed by atoms with E-state index in [0.717, 1.165) is 16.3 Å². The molecule has 4 nitrogen and oxygen atoms in total. The minimum absolute atomic E-state index is 0.0180. The monoisotopic (exact) mass is 400 g/mol. The maximum absolute atomic E-state index is 12.7. The Morgan fingerprint density at radius 3 is 2.63 bits per heavy atom. The Morgan fingerprint density at radius 1 is 1.15 bits per heavy atom. The lowest BCUT2D eigenvalue weighted by atomic mass is 10.1. The third kappa shape index (κ3) is 4.54. The van der Waals surface area contributed by atoms with Crippen LogP contribution in [0.3, 0.4) is 0 Å². The molecule has 1 fully saturated rings. The van der Waals surface area contributed by atoms with Crippen LogP contribution in [0.2, 0.25) is 5.02 Å². The third-order valence-electron chi connectivity index (χ3n) is 4.04. The third-order valence-corrected chi connectivity index (χ3v) is 5.46. The smallest absolute Gasteiger partial charge is 0.266 e. The van der Waals surface area contributed by atoms with Gasteiger partial charge in [-0.25, -0.2) is 0 Å². The summed E-state index contributed by atoms with van der Waals surface area (Å²) in [5.74, 6) is 0.692. The van der Waals surface area contributed by atoms with Gasteiger partial charge in [0.1, 0.15) is 12.4 Å². The van der Waals surface area contributed by atoms with Crippen molar-refractivity contribution in [1.29, 1.82) is 0 Å². The van der Waals surface area contributed by atoms with Crippen molar-refractivity contribution in [3.05, 3.63) is 69.6 Å². The van der Waals surface area contributed by atoms with Crippen LogP contribution in [0.15, 0.2) is 58.4 Å². The average molecular weight is 401 g/mol. The molecule has 27 heavy (non-hydrogen) atoms. The number of carbonyl (C=O) groups is 1. The Balaban J connectivity index is 1.84. The second-order valence-electron chi connectivity index (χ2n) is 5.83. The zero-order chi connectivity index (χ0) is 19.2. The molecule has 0 saturated carbocycles. The van der Waals surface area contributed by atoms with Crippen molar-refractivity contribution in [2.45, 2.75) is 20.5 Å². The summed E-state index contributed by atoms with van der Waals surface area (Å²) in [6.07, 6.45) is 1.87. The molecule has 3 rings (SSSR count). The first-order valence-corrected chi connectivity index (χ1v) is 10.0. The van der Waals surface area contributed by atoms with Gasteiger partial charge in [-0.3, -0.25) is 14.7 Å². The van der Waals surface area contributed by atoms with Gasteiger partial charge in [-0.1, -0.05) is 48.0 Å². The van der Waals surface area contributed by atoms with Crippen LogP contribution in [0, 0.1) is 0 Å². The highest BCUT2D eigenvalue weighted by Gasteiger charge is 2.32. The van der Waals surface area contributed by atoms with E-state index in [0.29, 0.717) is 35.4 Å². The first-order valence-electron chi connectivity index (χ1n) is 8.85. The van der Waals surface area contributed by atoms with Crippen LogP contribution in [0.4, 0.5) is 0 Å². The molecule has 0 unspecified atom stereocenters. The van der Waals surface area contributed by atoms with Gasteiger partial charge in [-0.2, -0.15) is 0 Å². The number of rotatable bonds is 6. The summed E-state index contributed by atoms with van der Waals surface area (Å²) in [6, 6.07) is 15.3. The van der Waals surface area contributed by atoms with Crippen LogP contribution >= 0.6 is 23.4 Å². The predicted octanol–water partition coefficient (Wildman–Crippen LogP) is 5.23. The molecule has 1 amide bonds. The Morgan fingerprint density at radius 2 is 1.89 bits per heavy atom. The molecule has 1 heterocycles. The Kier molecular flexibility index (Phi) is 6.58. The lowest BCUT2D eigenvalue weighted by molar-refractivity contribution is -0.122. The number of ether oxygens (including phenoxy) is 1. The first kappa shape index (κ1) is 19.5. The van der Waals surface area contributed by atoms with Crippen molar-refractivity contribution in [3.63, 3.8) is 0 Å². The second kappa shape index (κ2) is 9.11. The van der Waals surface area contributed by atoms with Gasteiger partial charge in [0, 0.05) is 29.2 Å². The maximum Gasteiger partial charge on any atom is 0.266 e. The molecule has 1 saturated heterocycles. The molecule has 6 heteroatoms. The van der Waals surface area contributed by atoms with Gasteiger partial charge in [0.2, 0.25) is 0 Å². The van der Waals surface area contributed by atoms with Gasteiger partial charge in [0.05, 0.1) is 4.91 Å². The van der Waals surface area contributed by atoms with Gasteiger partial charge in [-0.05, 0) is 43.8 Å². The van der Waals surface area contributed by atoms with Gasteiger partial charge in [-0.15, -0.1) is 0 Å². The minimum atomic E-state index is -0.0180. The van der Waals surface area contributed by atoms with Crippen LogP contribution in [-0.4, -0.2) is 29.1 Å². The number of aliphatic imine (C=N–C) groups is 1. The van der Waals surface area contributed by atoms with Crippen LogP contribution < -0.4 is 4.74 Å². The summed E-state index contributed by atoms with van der Waals surface area (Å²) in [5, 5.41) is 1.43. The largest absolute Gasteiger partial charge is 0.488 e. The van der Waals surface area contributed by atoms with E-state index in [1.165, 1.54) is 11.8 Å². The lowest BCUT2D eigenvalue weighted by Crippen LogP contribution is -2.28. The number of likely N-dealkylation sites (N-methyl/N-ethyl adjacent to an activating group) is 1. The molecule has 2 aromatic carbocycles. The molecule has 0 spiro atoms. The van der Waals surface area contributed by atoms with E-state index in [1.54, 1.807) is 4.90 Å². The number of halogens is 1. The van der Waals surface area contributed by atoms with Gasteiger partial charge in [0.25, 0.3) is 5.91 Å². The molecule has 0 aromatic heterocycles. The van der Waals surface area contributed by atoms with Crippen molar-refractivity contribution < 1.29 is 9.53 Å². The van der Waals surface area contributed by atoms with E-state index < -0.39 is 0 Å². The molecular formula is C21H21ClN2O2S. The highest BCUT2D eigenvalue weighted by atomic mass is 35.5. The number of carbonyl (C=O) groups excluding carboxylic acids is 1. The molecule has 0 aliphatic carbocycles. The van der Waals surface area contributed by atoms with E-state index in [9.17, 15) is 4.79 Å². The second-order valence-corrected chi connectivity index (χ2v) is 7.25. The number of hydrogen-bond acceptors (Lipinski definition) is 4. The van der Waals surface area contributed by atoms with E-state index in [4.69, 9.17) is 16.3 Å². The van der Waals surface area contributed by atoms with Crippen molar-refractivity contribution in [1.82, 2.24) is 4.90 Å². The van der Waals surface area contributed by atoms with Crippen molar-refractivity contribution in [2.24, 2.45) is 4.99 Å². The van der Waals surface area contributed by atoms with Crippen molar-refractivity contribution in [2.75, 3.05) is 13.1 Å². The number of amides is 1. The summed E-state index contributed by atoms with van der Waals surface area (Å²) in [6.45, 7) is 5.53. The Bertz CT molecular complexity index is 895. The zero-order valence-electron chi connectivity index (χ0n) is 15.3. The fraction of sp³-hybridized carbons (Fsp3) is 0.238. The summed E-state index contributed by atoms with van der Waals surface area (Å²) < 4.78 is 5.98. The number of para-hydroxylation sites is 1. The summed E-state index contributed by atoms with van der Waals surface area (Å²) in [5.41, 5.74) is 1.77. The number of amidine groups is 1. The summed E-state index contributed by atoms with van der Waals surface area (Å²) in [4.78, 5) is 19.4. The van der Waals surface area contributed by atoms with Crippen LogP contribution in [-0.2, 0) is 11.4 Å². The van der Waals surface area contributed by atoms with E-state index in [2.05, 4.69) is 4.99 Å². The molecule has 1 aliphatic rings. The molecule has 2 aromatic rings. The van der Waals surface area contributed by atoms with Crippen LogP contribution in [0.1, 0.15) is 25.0 Å². The minimum Gasteiger partial charge on any atom is -0.488 e. The topological polar surface area (TPSA) is 41.9 Å². The molecule has 1 aliphatic heterocycles. The summed E-state index contributed by atoms with van der Waals surface area (Å²) >= 11 is 7.61. The Hall–Kier alpha value is -2.24. The maximum atomic E-state index is 12.7. The quantitative estimate of drug-likeness (QED) is 0.623. The number of hydrogen-bond donors (Lipinski definition) is 0. The SMILES string of the molecule is CCN=C1SC(=Cc2ccccc2OCc2ccccc2Cl)C(=O)N1CC. The lowest BCUT2D eigenvalue weighted by Gasteiger charge is -2.12. The highest BCUT2D eigenvalue weighted by molar-refractivity contribution is 8.18. The number of benzene rings is 2. The van der Waals surface area contributed by atoms with Crippen LogP contribution in [0.25, 0.3) is 6.08 Å². The summed E-state index contributed by atoms with van der Waals surface area (Å²) in [7, 11) is 0. The van der Waals surface area contributed by atoms with Gasteiger partial charge in [0.15, 0.2) is 5.17 Å². The van der Waals surface area contributed by atoms with Crippen molar-refractivity contribution in [3.8, 4) is 5.75 Å². The fourth-order valence-corrected chi connectivity index (χ4v) is 3.97. The van der Waals surface area contributed by atoms with E-state index >= 15 is 0 Å². The fourth-order valence-electron chi connectivity index (χ4n) is 2.68. The number of thioether (sulfide) groups is 1. The molecule has 0 radical (unpaired) electrons. The molecule has 140 valence electrons. The average Bonchev–Trinajstić information content (AvgIpc) is 2.97. The van der Waals surface area contributed by atoms with E-state index in [-0.39, 0.29) is 5.91 Å². The Labute approximate surface area is 168 Å². The van der Waals surface area contributed by atoms with Crippen LogP contribution in [0.5, 0.6) is 5.75 Å². The zero-order valence-corrected chi connectivity index (χ0v) is 16.9. The van der Waals surface area contributed by atoms with Gasteiger partial charge >= 0.3 is 0 Å². The molecule has 0 atom stereocenters. The molecular weight excluding hydrogens is 380 g/mol. The first-order chi connectivity index (χ1) is 13.1. The van der Waals surface area contributed by atoms with Crippen molar-refractivity contribution >= 4 is 40.5 Å². The highest BCUT2D eigenvalue weighted by Crippen LogP contribution is 2.34. The molecule has 0 N–H and O–H groups in total. The number of nitrogens with zero attached hydrogens (tertiary/aromatic N) is 2. The standard InChI is InChI=1S/C21H21ClN2O2S/c1-3-23-21-24(4-2)20(25)19(27-21)13-15-9-6-8-12-18(15)26-14-16-10-5-7-11-17(16)22/h5-13H,3-4,14H2,1-2H3. The normalized spacial score (nSPS) is 17.1. The van der Waals surface area contributed by atoms with E-state index in [1.807, 2.05) is 68.5 Å².